The van der Waals surface area contributed by atoms with Crippen LogP contribution in [0.15, 0.2) is 0 Å². The number of unbranched alkanes of at least 4 members (excludes halogenated alkanes) is 17. The molecule has 1 aliphatic heterocycles. The van der Waals surface area contributed by atoms with Gasteiger partial charge in [-0.3, -0.25) is 9.59 Å². The van der Waals surface area contributed by atoms with Crippen LogP contribution in [-0.4, -0.2) is 36.6 Å². The van der Waals surface area contributed by atoms with E-state index in [0.29, 0.717) is 19.3 Å². The van der Waals surface area contributed by atoms with Crippen molar-refractivity contribution in [3.63, 3.8) is 0 Å². The number of rotatable bonds is 29. The normalized spacial score (nSPS) is 18.0. The van der Waals surface area contributed by atoms with E-state index in [1.807, 2.05) is 13.8 Å². The van der Waals surface area contributed by atoms with E-state index in [0.717, 1.165) is 38.5 Å². The Balaban J connectivity index is 2.39. The number of cyclic esters (lactones) is 1. The third kappa shape index (κ3) is 18.5. The second-order valence-corrected chi connectivity index (χ2v) is 12.9. The highest BCUT2D eigenvalue weighted by atomic mass is 16.6. The molecule has 1 amide bonds. The maximum Gasteiger partial charge on any atom is 0.328 e. The molecule has 6 heteroatoms. The lowest BCUT2D eigenvalue weighted by molar-refractivity contribution is -0.190. The molecule has 6 nitrogen and oxygen atoms in total. The Morgan fingerprint density at radius 1 is 0.805 bits per heavy atom. The first kappa shape index (κ1) is 37.4. The van der Waals surface area contributed by atoms with Crippen molar-refractivity contribution in [2.45, 2.75) is 194 Å². The fourth-order valence-corrected chi connectivity index (χ4v) is 5.96. The van der Waals surface area contributed by atoms with Gasteiger partial charge in [-0.25, -0.2) is 4.79 Å². The summed E-state index contributed by atoms with van der Waals surface area (Å²) in [5.41, 5.74) is 0. The zero-order valence-corrected chi connectivity index (χ0v) is 27.3. The molecule has 1 N–H and O–H groups in total. The molecular formula is C35H65NO5. The minimum Gasteiger partial charge on any atom is -0.461 e. The van der Waals surface area contributed by atoms with Crippen molar-refractivity contribution in [1.82, 2.24) is 5.32 Å². The van der Waals surface area contributed by atoms with E-state index in [-0.39, 0.29) is 36.0 Å². The topological polar surface area (TPSA) is 81.7 Å². The number of ether oxygens (including phenoxy) is 2. The first-order chi connectivity index (χ1) is 19.9. The first-order valence-electron chi connectivity index (χ1n) is 17.5. The lowest BCUT2D eigenvalue weighted by Crippen LogP contribution is -2.48. The van der Waals surface area contributed by atoms with Gasteiger partial charge in [0.1, 0.15) is 18.2 Å². The van der Waals surface area contributed by atoms with Crippen LogP contribution in [0, 0.1) is 11.8 Å². The summed E-state index contributed by atoms with van der Waals surface area (Å²) in [5, 5.41) is 2.64. The molecular weight excluding hydrogens is 514 g/mol. The van der Waals surface area contributed by atoms with Crippen LogP contribution in [0.5, 0.6) is 0 Å². The number of esters is 2. The largest absolute Gasteiger partial charge is 0.461 e. The van der Waals surface area contributed by atoms with Crippen LogP contribution in [0.2, 0.25) is 0 Å². The fourth-order valence-electron chi connectivity index (χ4n) is 5.96. The molecule has 1 rings (SSSR count). The number of amides is 1. The second-order valence-electron chi connectivity index (χ2n) is 12.9. The lowest BCUT2D eigenvalue weighted by atomic mass is 9.86. The van der Waals surface area contributed by atoms with Crippen molar-refractivity contribution in [2.24, 2.45) is 11.8 Å². The highest BCUT2D eigenvalue weighted by Gasteiger charge is 2.43. The van der Waals surface area contributed by atoms with Gasteiger partial charge in [-0.15, -0.1) is 0 Å². The van der Waals surface area contributed by atoms with Crippen molar-refractivity contribution >= 4 is 18.3 Å². The number of carbonyl (C=O) groups excluding carboxylic acids is 3. The molecule has 1 fully saturated rings. The Morgan fingerprint density at radius 2 is 1.29 bits per heavy atom. The third-order valence-corrected chi connectivity index (χ3v) is 8.56. The van der Waals surface area contributed by atoms with E-state index in [1.165, 1.54) is 96.3 Å². The van der Waals surface area contributed by atoms with Crippen molar-refractivity contribution < 1.29 is 23.9 Å². The predicted octanol–water partition coefficient (Wildman–Crippen LogP) is 9.22. The van der Waals surface area contributed by atoms with E-state index < -0.39 is 6.04 Å². The minimum absolute atomic E-state index is 0.0753. The first-order valence-corrected chi connectivity index (χ1v) is 17.5. The summed E-state index contributed by atoms with van der Waals surface area (Å²) in [7, 11) is 0. The standard InChI is InChI=1S/C35H65NO5/c1-5-7-9-11-12-13-14-15-16-17-18-19-20-21-22-24-30(40-35(39)32(36-28-37)26-29(3)4)27-33-31(34(38)41-33)25-23-10-8-6-2/h28-33H,5-27H2,1-4H3,(H,36,37)/t30-,31-,32-,33-/m0/s1. The molecule has 0 spiro atoms. The van der Waals surface area contributed by atoms with Crippen LogP contribution < -0.4 is 5.32 Å². The van der Waals surface area contributed by atoms with Gasteiger partial charge < -0.3 is 14.8 Å². The Morgan fingerprint density at radius 3 is 1.76 bits per heavy atom. The van der Waals surface area contributed by atoms with Crippen LogP contribution in [0.4, 0.5) is 0 Å². The summed E-state index contributed by atoms with van der Waals surface area (Å²) in [6, 6.07) is -0.634. The molecule has 0 aromatic rings. The molecule has 0 aromatic heterocycles. The van der Waals surface area contributed by atoms with Gasteiger partial charge in [-0.1, -0.05) is 143 Å². The van der Waals surface area contributed by atoms with Crippen molar-refractivity contribution in [3.05, 3.63) is 0 Å². The molecule has 0 aromatic carbocycles. The molecule has 0 bridgehead atoms. The predicted molar refractivity (Wildman–Crippen MR) is 169 cm³/mol. The lowest BCUT2D eigenvalue weighted by Gasteiger charge is -2.37. The molecule has 1 saturated heterocycles. The number of nitrogens with one attached hydrogen (secondary N) is 1. The van der Waals surface area contributed by atoms with E-state index in [2.05, 4.69) is 19.2 Å². The quantitative estimate of drug-likeness (QED) is 0.0542. The summed E-state index contributed by atoms with van der Waals surface area (Å²) in [4.78, 5) is 36.2. The average Bonchev–Trinajstić information content (AvgIpc) is 2.94. The van der Waals surface area contributed by atoms with Gasteiger partial charge in [-0.05, 0) is 31.6 Å². The summed E-state index contributed by atoms with van der Waals surface area (Å²) in [5.74, 6) is -0.298. The Hall–Kier alpha value is -1.59. The molecule has 4 atom stereocenters. The van der Waals surface area contributed by atoms with Gasteiger partial charge in [0.05, 0.1) is 5.92 Å². The zero-order chi connectivity index (χ0) is 30.1. The smallest absolute Gasteiger partial charge is 0.328 e. The average molecular weight is 580 g/mol. The summed E-state index contributed by atoms with van der Waals surface area (Å²) in [6.07, 6.45) is 27.1. The molecule has 240 valence electrons. The Bertz CT molecular complexity index is 667. The molecule has 0 radical (unpaired) electrons. The highest BCUT2D eigenvalue weighted by molar-refractivity contribution is 5.79. The Labute approximate surface area is 252 Å². The maximum atomic E-state index is 13.0. The third-order valence-electron chi connectivity index (χ3n) is 8.56. The minimum atomic E-state index is -0.634. The van der Waals surface area contributed by atoms with E-state index in [9.17, 15) is 14.4 Å². The van der Waals surface area contributed by atoms with Crippen LogP contribution >= 0.6 is 0 Å². The molecule has 0 aliphatic carbocycles. The highest BCUT2D eigenvalue weighted by Crippen LogP contribution is 2.33. The van der Waals surface area contributed by atoms with Crippen LogP contribution in [-0.2, 0) is 23.9 Å². The van der Waals surface area contributed by atoms with Crippen molar-refractivity contribution in [3.8, 4) is 0 Å². The van der Waals surface area contributed by atoms with Gasteiger partial charge in [0.25, 0.3) is 0 Å². The molecule has 41 heavy (non-hydrogen) atoms. The fraction of sp³-hybridized carbons (Fsp3) is 0.914. The Kier molecular flexibility index (Phi) is 22.8. The van der Waals surface area contributed by atoms with Gasteiger partial charge in [0.2, 0.25) is 6.41 Å². The monoisotopic (exact) mass is 579 g/mol. The molecule has 1 aliphatic rings. The maximum absolute atomic E-state index is 13.0. The molecule has 0 unspecified atom stereocenters. The van der Waals surface area contributed by atoms with Crippen molar-refractivity contribution in [2.75, 3.05) is 0 Å². The van der Waals surface area contributed by atoms with Crippen LogP contribution in [0.1, 0.15) is 175 Å². The van der Waals surface area contributed by atoms with Gasteiger partial charge >= 0.3 is 11.9 Å². The van der Waals surface area contributed by atoms with E-state index in [1.54, 1.807) is 0 Å². The number of hydrogen-bond donors (Lipinski definition) is 1. The second kappa shape index (κ2) is 25.0. The zero-order valence-electron chi connectivity index (χ0n) is 27.3. The van der Waals surface area contributed by atoms with Gasteiger partial charge in [0.15, 0.2) is 0 Å². The number of hydrogen-bond acceptors (Lipinski definition) is 5. The SMILES string of the molecule is CCCCCCCCCCCCCCCCC[C@@H](C[C@@H]1OC(=O)[C@H]1CCCCCC)OC(=O)[C@H](CC(C)C)NC=O. The van der Waals surface area contributed by atoms with E-state index in [4.69, 9.17) is 9.47 Å². The van der Waals surface area contributed by atoms with Crippen LogP contribution in [0.25, 0.3) is 0 Å². The van der Waals surface area contributed by atoms with Crippen LogP contribution in [0.3, 0.4) is 0 Å². The summed E-state index contributed by atoms with van der Waals surface area (Å²) >= 11 is 0. The van der Waals surface area contributed by atoms with Gasteiger partial charge in [-0.2, -0.15) is 0 Å². The van der Waals surface area contributed by atoms with Gasteiger partial charge in [0, 0.05) is 6.42 Å². The summed E-state index contributed by atoms with van der Waals surface area (Å²) < 4.78 is 11.5. The van der Waals surface area contributed by atoms with E-state index >= 15 is 0 Å². The summed E-state index contributed by atoms with van der Waals surface area (Å²) in [6.45, 7) is 8.51. The molecule has 0 saturated carbocycles. The number of carbonyl (C=O) groups is 3. The molecule has 1 heterocycles. The van der Waals surface area contributed by atoms with Crippen molar-refractivity contribution in [1.29, 1.82) is 0 Å².